The second kappa shape index (κ2) is 9.70. The van der Waals surface area contributed by atoms with Gasteiger partial charge in [-0.3, -0.25) is 19.3 Å². The van der Waals surface area contributed by atoms with E-state index in [1.54, 1.807) is 14.2 Å². The second-order valence-electron chi connectivity index (χ2n) is 10.3. The zero-order valence-electron chi connectivity index (χ0n) is 21.3. The van der Waals surface area contributed by atoms with E-state index in [1.807, 2.05) is 28.8 Å². The molecule has 1 amide bonds. The average Bonchev–Trinajstić information content (AvgIpc) is 3.47. The van der Waals surface area contributed by atoms with Crippen molar-refractivity contribution < 1.29 is 14.3 Å². The number of piperidine rings is 1. The number of para-hydroxylation sites is 2. The number of methoxy groups -OCH3 is 2. The van der Waals surface area contributed by atoms with Gasteiger partial charge in [-0.15, -0.1) is 0 Å². The minimum atomic E-state index is -0.0595. The maximum absolute atomic E-state index is 12.9. The highest BCUT2D eigenvalue weighted by molar-refractivity contribution is 6.00. The van der Waals surface area contributed by atoms with Gasteiger partial charge in [0, 0.05) is 31.5 Å². The molecule has 1 aromatic heterocycles. The standard InChI is InChI=1S/C28H33N5O4/c1-36-24-13-17-7-8-21-20(19(17)14-25(24)37-2)15-26(29-21)31-27(34)16-32-11-9-18(10-12-32)33-23-6-4-3-5-22(23)30-28(33)35/h3-6,13-14,18,20-21H,7-12,15-16H2,1-2H3,(H,30,35)(H,29,31,34)/t20-,21+/m0/s1. The molecule has 2 atom stereocenters. The monoisotopic (exact) mass is 503 g/mol. The first-order valence-electron chi connectivity index (χ1n) is 13.1. The van der Waals surface area contributed by atoms with E-state index in [2.05, 4.69) is 27.3 Å². The van der Waals surface area contributed by atoms with Crippen LogP contribution in [-0.4, -0.2) is 66.1 Å². The number of benzene rings is 2. The SMILES string of the molecule is COc1cc2c(cc1OC)[C@@H]1CC(NC(=O)CN3CCC(n4c(=O)[nH]c5ccccc54)CC3)=N[C@@H]1CC2. The number of amidine groups is 1. The molecule has 2 aromatic carbocycles. The van der Waals surface area contributed by atoms with Crippen LogP contribution in [0.3, 0.4) is 0 Å². The van der Waals surface area contributed by atoms with Crippen molar-refractivity contribution in [1.29, 1.82) is 0 Å². The van der Waals surface area contributed by atoms with Gasteiger partial charge in [-0.1, -0.05) is 12.1 Å². The van der Waals surface area contributed by atoms with Crippen LogP contribution in [0.4, 0.5) is 0 Å². The van der Waals surface area contributed by atoms with E-state index in [9.17, 15) is 9.59 Å². The van der Waals surface area contributed by atoms with E-state index in [4.69, 9.17) is 14.5 Å². The number of ether oxygens (including phenoxy) is 2. The molecule has 3 aromatic rings. The number of carbonyl (C=O) groups is 1. The zero-order chi connectivity index (χ0) is 25.5. The van der Waals surface area contributed by atoms with Crippen LogP contribution in [0, 0.1) is 0 Å². The fourth-order valence-electron chi connectivity index (χ4n) is 6.33. The van der Waals surface area contributed by atoms with Gasteiger partial charge in [0.1, 0.15) is 5.84 Å². The Morgan fingerprint density at radius 1 is 1.11 bits per heavy atom. The number of fused-ring (bicyclic) bond motifs is 4. The lowest BCUT2D eigenvalue weighted by Gasteiger charge is -2.32. The molecule has 0 saturated carbocycles. The molecule has 2 N–H and O–H groups in total. The van der Waals surface area contributed by atoms with Gasteiger partial charge in [0.25, 0.3) is 0 Å². The van der Waals surface area contributed by atoms with Gasteiger partial charge in [0.15, 0.2) is 11.5 Å². The smallest absolute Gasteiger partial charge is 0.326 e. The summed E-state index contributed by atoms with van der Waals surface area (Å²) in [4.78, 5) is 35.5. The van der Waals surface area contributed by atoms with Gasteiger partial charge in [-0.05, 0) is 61.1 Å². The largest absolute Gasteiger partial charge is 0.493 e. The summed E-state index contributed by atoms with van der Waals surface area (Å²) in [7, 11) is 3.32. The number of rotatable bonds is 5. The van der Waals surface area contributed by atoms with Crippen LogP contribution in [0.15, 0.2) is 46.2 Å². The predicted octanol–water partition coefficient (Wildman–Crippen LogP) is 3.00. The Kier molecular flexibility index (Phi) is 6.24. The predicted molar refractivity (Wildman–Crippen MR) is 142 cm³/mol. The van der Waals surface area contributed by atoms with Crippen molar-refractivity contribution in [2.75, 3.05) is 33.9 Å². The lowest BCUT2D eigenvalue weighted by atomic mass is 9.79. The Morgan fingerprint density at radius 2 is 1.86 bits per heavy atom. The summed E-state index contributed by atoms with van der Waals surface area (Å²) >= 11 is 0. The zero-order valence-corrected chi connectivity index (χ0v) is 21.3. The van der Waals surface area contributed by atoms with Crippen LogP contribution < -0.4 is 20.5 Å². The van der Waals surface area contributed by atoms with Crippen molar-refractivity contribution in [3.8, 4) is 11.5 Å². The van der Waals surface area contributed by atoms with Gasteiger partial charge in [-0.25, -0.2) is 4.79 Å². The van der Waals surface area contributed by atoms with Gasteiger partial charge >= 0.3 is 5.69 Å². The summed E-state index contributed by atoms with van der Waals surface area (Å²) in [5.41, 5.74) is 4.28. The molecule has 9 heteroatoms. The minimum Gasteiger partial charge on any atom is -0.493 e. The molecular formula is C28H33N5O4. The number of nitrogens with zero attached hydrogens (tertiary/aromatic N) is 3. The van der Waals surface area contributed by atoms with Crippen molar-refractivity contribution in [3.63, 3.8) is 0 Å². The Balaban J connectivity index is 1.05. The van der Waals surface area contributed by atoms with Crippen LogP contribution in [-0.2, 0) is 11.2 Å². The molecular weight excluding hydrogens is 470 g/mol. The van der Waals surface area contributed by atoms with Crippen LogP contribution in [0.5, 0.6) is 11.5 Å². The van der Waals surface area contributed by atoms with E-state index < -0.39 is 0 Å². The number of nitrogens with one attached hydrogen (secondary N) is 2. The molecule has 194 valence electrons. The summed E-state index contributed by atoms with van der Waals surface area (Å²) in [5, 5.41) is 3.09. The number of likely N-dealkylation sites (tertiary alicyclic amines) is 1. The Morgan fingerprint density at radius 3 is 2.65 bits per heavy atom. The quantitative estimate of drug-likeness (QED) is 0.558. The third-order valence-electron chi connectivity index (χ3n) is 8.15. The number of carbonyl (C=O) groups excluding carboxylic acids is 1. The number of hydrogen-bond acceptors (Lipinski definition) is 6. The Labute approximate surface area is 215 Å². The maximum Gasteiger partial charge on any atom is 0.326 e. The van der Waals surface area contributed by atoms with Crippen LogP contribution >= 0.6 is 0 Å². The van der Waals surface area contributed by atoms with Crippen LogP contribution in [0.2, 0.25) is 0 Å². The van der Waals surface area contributed by atoms with E-state index in [1.165, 1.54) is 11.1 Å². The molecule has 0 radical (unpaired) electrons. The van der Waals surface area contributed by atoms with Gasteiger partial charge in [0.2, 0.25) is 5.91 Å². The number of amides is 1. The summed E-state index contributed by atoms with van der Waals surface area (Å²) in [6.07, 6.45) is 4.30. The third-order valence-corrected chi connectivity index (χ3v) is 8.15. The molecule has 9 nitrogen and oxygen atoms in total. The Hall–Kier alpha value is -3.59. The number of aromatic amines is 1. The van der Waals surface area contributed by atoms with Crippen molar-refractivity contribution in [1.82, 2.24) is 19.8 Å². The minimum absolute atomic E-state index is 0.0207. The lowest BCUT2D eigenvalue weighted by molar-refractivity contribution is -0.121. The Bertz CT molecular complexity index is 1420. The lowest BCUT2D eigenvalue weighted by Crippen LogP contribution is -2.44. The van der Waals surface area contributed by atoms with Crippen LogP contribution in [0.1, 0.15) is 48.8 Å². The highest BCUT2D eigenvalue weighted by Gasteiger charge is 2.36. The highest BCUT2D eigenvalue weighted by Crippen LogP contribution is 2.44. The topological polar surface area (TPSA) is 101 Å². The van der Waals surface area contributed by atoms with E-state index in [0.717, 1.165) is 73.6 Å². The summed E-state index contributed by atoms with van der Waals surface area (Å²) in [6.45, 7) is 1.89. The van der Waals surface area contributed by atoms with Crippen molar-refractivity contribution in [2.45, 2.75) is 50.1 Å². The van der Waals surface area contributed by atoms with Crippen molar-refractivity contribution >= 4 is 22.8 Å². The van der Waals surface area contributed by atoms with Gasteiger partial charge < -0.3 is 19.8 Å². The summed E-state index contributed by atoms with van der Waals surface area (Å²) < 4.78 is 12.9. The normalized spacial score (nSPS) is 21.8. The molecule has 6 rings (SSSR count). The first kappa shape index (κ1) is 23.8. The first-order valence-corrected chi connectivity index (χ1v) is 13.1. The van der Waals surface area contributed by atoms with E-state index in [-0.39, 0.29) is 29.6 Å². The molecule has 1 fully saturated rings. The molecule has 3 aliphatic rings. The molecule has 1 aliphatic carbocycles. The fourth-order valence-corrected chi connectivity index (χ4v) is 6.33. The molecule has 3 heterocycles. The number of aromatic nitrogens is 2. The summed E-state index contributed by atoms with van der Waals surface area (Å²) in [6, 6.07) is 12.3. The number of aryl methyl sites for hydroxylation is 1. The molecule has 37 heavy (non-hydrogen) atoms. The number of imidazole rings is 1. The van der Waals surface area contributed by atoms with Gasteiger partial charge in [-0.2, -0.15) is 0 Å². The third kappa shape index (κ3) is 4.41. The van der Waals surface area contributed by atoms with Gasteiger partial charge in [0.05, 0.1) is 37.8 Å². The molecule has 1 saturated heterocycles. The molecule has 2 aliphatic heterocycles. The maximum atomic E-state index is 12.9. The number of aliphatic imine (C=N–C) groups is 1. The molecule has 0 unspecified atom stereocenters. The van der Waals surface area contributed by atoms with E-state index >= 15 is 0 Å². The number of hydrogen-bond donors (Lipinski definition) is 2. The fraction of sp³-hybridized carbons (Fsp3) is 0.464. The average molecular weight is 504 g/mol. The van der Waals surface area contributed by atoms with E-state index in [0.29, 0.717) is 6.54 Å². The first-order chi connectivity index (χ1) is 18.0. The molecule has 0 spiro atoms. The van der Waals surface area contributed by atoms with Crippen LogP contribution in [0.25, 0.3) is 11.0 Å². The highest BCUT2D eigenvalue weighted by atomic mass is 16.5. The van der Waals surface area contributed by atoms with Crippen molar-refractivity contribution in [3.05, 3.63) is 58.0 Å². The summed E-state index contributed by atoms with van der Waals surface area (Å²) in [5.74, 6) is 2.50. The van der Waals surface area contributed by atoms with Crippen molar-refractivity contribution in [2.24, 2.45) is 4.99 Å². The molecule has 0 bridgehead atoms. The second-order valence-corrected chi connectivity index (χ2v) is 10.3. The number of H-pyrrole nitrogens is 1.